The standard InChI is InChI=1S/C21H28N2O4/c1-24-18-8-6-5-7-17(18)23-13-11-22(12-14-23)15-16-9-10-19(25-2)21(27-4)20(16)26-3/h5-10H,11-15H2,1-4H3/p+1. The number of para-hydroxylation sites is 2. The Morgan fingerprint density at radius 3 is 2.07 bits per heavy atom. The van der Waals surface area contributed by atoms with E-state index in [0.29, 0.717) is 11.5 Å². The number of hydrogen-bond donors (Lipinski definition) is 1. The molecule has 0 radical (unpaired) electrons. The van der Waals surface area contributed by atoms with Gasteiger partial charge in [0.05, 0.1) is 65.9 Å². The summed E-state index contributed by atoms with van der Waals surface area (Å²) in [5, 5.41) is 0. The Morgan fingerprint density at radius 1 is 0.778 bits per heavy atom. The van der Waals surface area contributed by atoms with E-state index < -0.39 is 0 Å². The summed E-state index contributed by atoms with van der Waals surface area (Å²) in [5.41, 5.74) is 2.30. The number of ether oxygens (including phenoxy) is 4. The molecular formula is C21H29N2O4+. The zero-order valence-electron chi connectivity index (χ0n) is 16.6. The first-order valence-electron chi connectivity index (χ1n) is 9.21. The Hall–Kier alpha value is -2.60. The van der Waals surface area contributed by atoms with Crippen molar-refractivity contribution in [1.82, 2.24) is 0 Å². The van der Waals surface area contributed by atoms with E-state index in [1.807, 2.05) is 18.2 Å². The van der Waals surface area contributed by atoms with Gasteiger partial charge in [0.15, 0.2) is 11.5 Å². The Balaban J connectivity index is 1.69. The lowest BCUT2D eigenvalue weighted by molar-refractivity contribution is -0.914. The molecule has 0 atom stereocenters. The number of nitrogens with one attached hydrogen (secondary N) is 1. The summed E-state index contributed by atoms with van der Waals surface area (Å²) in [6.45, 7) is 4.98. The average Bonchev–Trinajstić information content (AvgIpc) is 2.73. The maximum atomic E-state index is 5.63. The highest BCUT2D eigenvalue weighted by molar-refractivity contribution is 5.58. The summed E-state index contributed by atoms with van der Waals surface area (Å²) in [4.78, 5) is 3.92. The highest BCUT2D eigenvalue weighted by Gasteiger charge is 2.25. The van der Waals surface area contributed by atoms with Crippen molar-refractivity contribution >= 4 is 5.69 Å². The first-order chi connectivity index (χ1) is 13.2. The van der Waals surface area contributed by atoms with Crippen LogP contribution in [-0.4, -0.2) is 54.6 Å². The molecule has 1 heterocycles. The number of benzene rings is 2. The Kier molecular flexibility index (Phi) is 6.29. The number of nitrogens with zero attached hydrogens (tertiary/aromatic N) is 1. The molecule has 146 valence electrons. The number of quaternary nitrogens is 1. The van der Waals surface area contributed by atoms with Crippen molar-refractivity contribution in [1.29, 1.82) is 0 Å². The quantitative estimate of drug-likeness (QED) is 0.799. The van der Waals surface area contributed by atoms with Crippen LogP contribution in [0.4, 0.5) is 5.69 Å². The van der Waals surface area contributed by atoms with Gasteiger partial charge in [0.1, 0.15) is 12.3 Å². The van der Waals surface area contributed by atoms with E-state index in [0.717, 1.165) is 49.8 Å². The molecule has 6 heteroatoms. The van der Waals surface area contributed by atoms with E-state index >= 15 is 0 Å². The van der Waals surface area contributed by atoms with Crippen LogP contribution in [-0.2, 0) is 6.54 Å². The smallest absolute Gasteiger partial charge is 0.203 e. The van der Waals surface area contributed by atoms with Crippen LogP contribution in [0.2, 0.25) is 0 Å². The molecule has 1 aliphatic rings. The van der Waals surface area contributed by atoms with E-state index in [4.69, 9.17) is 18.9 Å². The summed E-state index contributed by atoms with van der Waals surface area (Å²) < 4.78 is 22.0. The number of piperazine rings is 1. The topological polar surface area (TPSA) is 44.6 Å². The molecule has 1 fully saturated rings. The lowest BCUT2D eigenvalue weighted by Gasteiger charge is -2.34. The molecule has 0 saturated carbocycles. The van der Waals surface area contributed by atoms with Crippen LogP contribution < -0.4 is 28.7 Å². The minimum Gasteiger partial charge on any atom is -0.495 e. The van der Waals surface area contributed by atoms with Crippen molar-refractivity contribution in [2.75, 3.05) is 59.5 Å². The first-order valence-corrected chi connectivity index (χ1v) is 9.21. The summed E-state index contributed by atoms with van der Waals surface area (Å²) in [7, 11) is 6.68. The van der Waals surface area contributed by atoms with Gasteiger partial charge >= 0.3 is 0 Å². The van der Waals surface area contributed by atoms with Gasteiger partial charge in [0.2, 0.25) is 5.75 Å². The third kappa shape index (κ3) is 4.06. The van der Waals surface area contributed by atoms with Gasteiger partial charge < -0.3 is 28.7 Å². The first kappa shape index (κ1) is 19.2. The lowest BCUT2D eigenvalue weighted by Crippen LogP contribution is -3.13. The summed E-state index contributed by atoms with van der Waals surface area (Å²) in [6.07, 6.45) is 0. The van der Waals surface area contributed by atoms with Crippen LogP contribution in [0.25, 0.3) is 0 Å². The van der Waals surface area contributed by atoms with Crippen molar-refractivity contribution in [3.8, 4) is 23.0 Å². The van der Waals surface area contributed by atoms with Gasteiger partial charge in [-0.05, 0) is 24.3 Å². The monoisotopic (exact) mass is 373 g/mol. The van der Waals surface area contributed by atoms with E-state index in [-0.39, 0.29) is 0 Å². The highest BCUT2D eigenvalue weighted by atomic mass is 16.5. The van der Waals surface area contributed by atoms with Crippen molar-refractivity contribution in [2.24, 2.45) is 0 Å². The molecule has 0 spiro atoms. The van der Waals surface area contributed by atoms with Gasteiger partial charge in [-0.2, -0.15) is 0 Å². The molecule has 0 bridgehead atoms. The Morgan fingerprint density at radius 2 is 1.44 bits per heavy atom. The van der Waals surface area contributed by atoms with Crippen LogP contribution in [0.3, 0.4) is 0 Å². The van der Waals surface area contributed by atoms with E-state index in [9.17, 15) is 0 Å². The van der Waals surface area contributed by atoms with Crippen LogP contribution in [0.15, 0.2) is 36.4 Å². The van der Waals surface area contributed by atoms with Crippen molar-refractivity contribution in [3.05, 3.63) is 42.0 Å². The highest BCUT2D eigenvalue weighted by Crippen LogP contribution is 2.39. The normalized spacial score (nSPS) is 14.7. The van der Waals surface area contributed by atoms with Crippen LogP contribution in [0, 0.1) is 0 Å². The average molecular weight is 373 g/mol. The largest absolute Gasteiger partial charge is 0.495 e. The molecule has 27 heavy (non-hydrogen) atoms. The SMILES string of the molecule is COc1ccccc1N1CC[NH+](Cc2ccc(OC)c(OC)c2OC)CC1. The van der Waals surface area contributed by atoms with Crippen molar-refractivity contribution < 1.29 is 23.8 Å². The molecule has 0 amide bonds. The Bertz CT molecular complexity index is 758. The molecular weight excluding hydrogens is 344 g/mol. The molecule has 2 aromatic carbocycles. The summed E-state index contributed by atoms with van der Waals surface area (Å²) in [5.74, 6) is 3.04. The zero-order valence-corrected chi connectivity index (χ0v) is 16.6. The van der Waals surface area contributed by atoms with E-state index in [1.165, 1.54) is 10.6 Å². The second-order valence-corrected chi connectivity index (χ2v) is 6.58. The van der Waals surface area contributed by atoms with Gasteiger partial charge in [0, 0.05) is 0 Å². The van der Waals surface area contributed by atoms with E-state index in [1.54, 1.807) is 28.4 Å². The van der Waals surface area contributed by atoms with E-state index in [2.05, 4.69) is 23.1 Å². The van der Waals surface area contributed by atoms with Crippen LogP contribution in [0.1, 0.15) is 5.56 Å². The molecule has 0 unspecified atom stereocenters. The second kappa shape index (κ2) is 8.86. The lowest BCUT2D eigenvalue weighted by atomic mass is 10.1. The molecule has 0 aromatic heterocycles. The third-order valence-corrected chi connectivity index (χ3v) is 5.12. The third-order valence-electron chi connectivity index (χ3n) is 5.12. The van der Waals surface area contributed by atoms with Gasteiger partial charge in [-0.15, -0.1) is 0 Å². The van der Waals surface area contributed by atoms with Crippen molar-refractivity contribution in [3.63, 3.8) is 0 Å². The maximum absolute atomic E-state index is 5.63. The number of methoxy groups -OCH3 is 4. The maximum Gasteiger partial charge on any atom is 0.203 e. The number of hydrogen-bond acceptors (Lipinski definition) is 5. The fourth-order valence-corrected chi connectivity index (χ4v) is 3.70. The molecule has 3 rings (SSSR count). The second-order valence-electron chi connectivity index (χ2n) is 6.58. The molecule has 1 aliphatic heterocycles. The number of rotatable bonds is 7. The minimum absolute atomic E-state index is 0.657. The van der Waals surface area contributed by atoms with Gasteiger partial charge in [-0.25, -0.2) is 0 Å². The molecule has 1 saturated heterocycles. The van der Waals surface area contributed by atoms with Gasteiger partial charge in [-0.3, -0.25) is 0 Å². The number of anilines is 1. The molecule has 1 N–H and O–H groups in total. The molecule has 6 nitrogen and oxygen atoms in total. The predicted molar refractivity (Wildman–Crippen MR) is 106 cm³/mol. The fraction of sp³-hybridized carbons (Fsp3) is 0.429. The van der Waals surface area contributed by atoms with Gasteiger partial charge in [-0.1, -0.05) is 12.1 Å². The van der Waals surface area contributed by atoms with Gasteiger partial charge in [0.25, 0.3) is 0 Å². The Labute approximate surface area is 161 Å². The molecule has 2 aromatic rings. The summed E-state index contributed by atoms with van der Waals surface area (Å²) in [6, 6.07) is 12.2. The summed E-state index contributed by atoms with van der Waals surface area (Å²) >= 11 is 0. The van der Waals surface area contributed by atoms with Crippen molar-refractivity contribution in [2.45, 2.75) is 6.54 Å². The minimum atomic E-state index is 0.657. The van der Waals surface area contributed by atoms with Crippen LogP contribution in [0.5, 0.6) is 23.0 Å². The fourth-order valence-electron chi connectivity index (χ4n) is 3.70. The van der Waals surface area contributed by atoms with Crippen LogP contribution >= 0.6 is 0 Å². The molecule has 0 aliphatic carbocycles. The zero-order chi connectivity index (χ0) is 19.2. The predicted octanol–water partition coefficient (Wildman–Crippen LogP) is 1.63.